The average molecular weight is 816 g/mol. The number of alkyl halides is 1. The molecule has 0 saturated carbocycles. The minimum absolute atomic E-state index is 0.0128. The van der Waals surface area contributed by atoms with Crippen molar-refractivity contribution in [2.24, 2.45) is 0 Å². The van der Waals surface area contributed by atoms with Gasteiger partial charge in [0.1, 0.15) is 30.0 Å². The number of fused-ring (bicyclic) bond motifs is 6. The Hall–Kier alpha value is -4.66. The third-order valence-electron chi connectivity index (χ3n) is 10.8. The van der Waals surface area contributed by atoms with Crippen molar-refractivity contribution in [1.82, 2.24) is 35.1 Å². The topological polar surface area (TPSA) is 146 Å². The zero-order valence-electron chi connectivity index (χ0n) is 29.7. The molecule has 3 N–H and O–H groups in total. The number of nitrogens with one attached hydrogen (secondary N) is 3. The molecule has 270 valence electrons. The molecular weight excluding hydrogens is 773 g/mol. The molecule has 2 fully saturated rings. The Morgan fingerprint density at radius 2 is 1.83 bits per heavy atom. The number of alkyl carbamates (subject to hydrolysis) is 1. The van der Waals surface area contributed by atoms with Crippen molar-refractivity contribution < 1.29 is 23.9 Å². The minimum Gasteiger partial charge on any atom is -0.488 e. The van der Waals surface area contributed by atoms with E-state index in [1.54, 1.807) is 6.92 Å². The highest BCUT2D eigenvalue weighted by molar-refractivity contribution is 14.1. The molecule has 2 unspecified atom stereocenters. The molecule has 3 amide bonds. The highest BCUT2D eigenvalue weighted by Crippen LogP contribution is 2.44. The van der Waals surface area contributed by atoms with Gasteiger partial charge in [0.05, 0.1) is 46.2 Å². The highest BCUT2D eigenvalue weighted by atomic mass is 127. The number of carbonyl (C=O) groups is 3. The van der Waals surface area contributed by atoms with Crippen LogP contribution in [0.25, 0.3) is 44.2 Å². The first-order valence-electron chi connectivity index (χ1n) is 18.0. The number of ether oxygens (including phenoxy) is 2. The Bertz CT molecular complexity index is 2210. The molecule has 2 aromatic heterocycles. The molecule has 0 radical (unpaired) electrons. The highest BCUT2D eigenvalue weighted by Gasteiger charge is 2.40. The Morgan fingerprint density at radius 3 is 2.63 bits per heavy atom. The molecule has 0 aliphatic carbocycles. The summed E-state index contributed by atoms with van der Waals surface area (Å²) < 4.78 is 11.3. The molecule has 52 heavy (non-hydrogen) atoms. The van der Waals surface area contributed by atoms with Crippen molar-refractivity contribution in [2.75, 3.05) is 7.11 Å². The van der Waals surface area contributed by atoms with Crippen LogP contribution in [0.3, 0.4) is 0 Å². The van der Waals surface area contributed by atoms with Crippen molar-refractivity contribution in [1.29, 1.82) is 0 Å². The summed E-state index contributed by atoms with van der Waals surface area (Å²) in [4.78, 5) is 58.8. The predicted octanol–water partition coefficient (Wildman–Crippen LogP) is 7.69. The molecule has 5 heterocycles. The lowest BCUT2D eigenvalue weighted by Crippen LogP contribution is -2.48. The van der Waals surface area contributed by atoms with Crippen LogP contribution in [0.2, 0.25) is 0 Å². The van der Waals surface area contributed by atoms with Gasteiger partial charge in [-0.2, -0.15) is 0 Å². The van der Waals surface area contributed by atoms with Crippen LogP contribution in [0.5, 0.6) is 5.75 Å². The fraction of sp³-hybridized carbons (Fsp3) is 0.410. The number of benzene rings is 3. The molecule has 0 bridgehead atoms. The zero-order chi connectivity index (χ0) is 36.3. The SMILES string of the molecule is CCCC(=O)N1C(c2nc3ccc4cc5c(cc4c3[nH]2)OCc2cc(-c3cnc(C4CC[C@H](C)N4C(=O)[C@H](C)NC(=O)OC)[nH]3)ccc2-5)CC[C@@H]1I. The van der Waals surface area contributed by atoms with E-state index >= 15 is 0 Å². The van der Waals surface area contributed by atoms with E-state index in [2.05, 4.69) is 85.1 Å². The van der Waals surface area contributed by atoms with E-state index in [0.29, 0.717) is 13.0 Å². The van der Waals surface area contributed by atoms with Gasteiger partial charge in [-0.25, -0.2) is 14.8 Å². The summed E-state index contributed by atoms with van der Waals surface area (Å²) in [6, 6.07) is 13.9. The number of aromatic nitrogens is 4. The average Bonchev–Trinajstić information content (AvgIpc) is 3.96. The molecule has 3 aliphatic rings. The summed E-state index contributed by atoms with van der Waals surface area (Å²) in [5, 5.41) is 4.72. The number of likely N-dealkylation sites (tertiary alicyclic amines) is 2. The zero-order valence-corrected chi connectivity index (χ0v) is 31.8. The van der Waals surface area contributed by atoms with Gasteiger partial charge in [0.2, 0.25) is 11.8 Å². The van der Waals surface area contributed by atoms with E-state index in [-0.39, 0.29) is 34.0 Å². The van der Waals surface area contributed by atoms with Crippen LogP contribution in [-0.2, 0) is 20.9 Å². The van der Waals surface area contributed by atoms with E-state index in [9.17, 15) is 14.4 Å². The Labute approximate surface area is 315 Å². The van der Waals surface area contributed by atoms with Crippen molar-refractivity contribution >= 4 is 62.3 Å². The van der Waals surface area contributed by atoms with E-state index in [1.807, 2.05) is 29.8 Å². The summed E-state index contributed by atoms with van der Waals surface area (Å²) >= 11 is 2.39. The van der Waals surface area contributed by atoms with Gasteiger partial charge in [-0.05, 0) is 92.3 Å². The van der Waals surface area contributed by atoms with Crippen LogP contribution in [0.4, 0.5) is 4.79 Å². The molecule has 3 aliphatic heterocycles. The van der Waals surface area contributed by atoms with Crippen LogP contribution in [0.1, 0.15) is 88.6 Å². The second-order valence-corrected chi connectivity index (χ2v) is 15.6. The monoisotopic (exact) mass is 815 g/mol. The number of nitrogens with zero attached hydrogens (tertiary/aromatic N) is 4. The van der Waals surface area contributed by atoms with E-state index < -0.39 is 12.1 Å². The third-order valence-corrected chi connectivity index (χ3v) is 12.0. The quantitative estimate of drug-likeness (QED) is 0.0868. The summed E-state index contributed by atoms with van der Waals surface area (Å²) in [5.74, 6) is 2.41. The third kappa shape index (κ3) is 5.96. The lowest BCUT2D eigenvalue weighted by atomic mass is 9.92. The summed E-state index contributed by atoms with van der Waals surface area (Å²) in [6.07, 6.45) is 6.03. The summed E-state index contributed by atoms with van der Waals surface area (Å²) in [7, 11) is 1.28. The molecule has 5 aromatic rings. The molecule has 13 heteroatoms. The minimum atomic E-state index is -0.720. The number of methoxy groups -OCH3 is 1. The number of imidazole rings is 2. The van der Waals surface area contributed by atoms with Crippen LogP contribution < -0.4 is 10.1 Å². The van der Waals surface area contributed by atoms with E-state index in [1.165, 1.54) is 7.11 Å². The maximum Gasteiger partial charge on any atom is 0.407 e. The molecular formula is C39H42IN7O5. The Morgan fingerprint density at radius 1 is 1.02 bits per heavy atom. The normalized spacial score (nSPS) is 21.6. The van der Waals surface area contributed by atoms with Gasteiger partial charge in [-0.15, -0.1) is 0 Å². The van der Waals surface area contributed by atoms with Crippen molar-refractivity contribution in [3.63, 3.8) is 0 Å². The van der Waals surface area contributed by atoms with Crippen molar-refractivity contribution in [3.05, 3.63) is 65.9 Å². The molecule has 3 aromatic carbocycles. The van der Waals surface area contributed by atoms with Gasteiger partial charge in [-0.3, -0.25) is 9.59 Å². The first-order chi connectivity index (χ1) is 25.1. The van der Waals surface area contributed by atoms with Crippen molar-refractivity contribution in [3.8, 4) is 28.1 Å². The largest absolute Gasteiger partial charge is 0.488 e. The van der Waals surface area contributed by atoms with Crippen LogP contribution >= 0.6 is 22.6 Å². The summed E-state index contributed by atoms with van der Waals surface area (Å²) in [6.45, 7) is 6.16. The van der Waals surface area contributed by atoms with Gasteiger partial charge >= 0.3 is 6.09 Å². The molecule has 0 spiro atoms. The number of H-pyrrole nitrogens is 2. The smallest absolute Gasteiger partial charge is 0.407 e. The Kier molecular flexibility index (Phi) is 9.08. The van der Waals surface area contributed by atoms with Gasteiger partial charge < -0.3 is 34.6 Å². The second-order valence-electron chi connectivity index (χ2n) is 14.1. The second kappa shape index (κ2) is 13.7. The molecule has 12 nitrogen and oxygen atoms in total. The van der Waals surface area contributed by atoms with Gasteiger partial charge in [0, 0.05) is 23.4 Å². The lowest BCUT2D eigenvalue weighted by molar-refractivity contribution is -0.136. The maximum atomic E-state index is 13.4. The van der Waals surface area contributed by atoms with Crippen LogP contribution in [0.15, 0.2) is 48.7 Å². The molecule has 5 atom stereocenters. The van der Waals surface area contributed by atoms with Crippen LogP contribution in [-0.4, -0.2) is 70.9 Å². The van der Waals surface area contributed by atoms with Crippen molar-refractivity contribution in [2.45, 2.75) is 94.1 Å². The lowest BCUT2D eigenvalue weighted by Gasteiger charge is -2.30. The fourth-order valence-electron chi connectivity index (χ4n) is 8.15. The summed E-state index contributed by atoms with van der Waals surface area (Å²) in [5.41, 5.74) is 6.91. The number of carbonyl (C=O) groups excluding carboxylic acids is 3. The number of amides is 3. The molecule has 8 rings (SSSR count). The van der Waals surface area contributed by atoms with Crippen LogP contribution in [0, 0.1) is 0 Å². The Balaban J connectivity index is 1.06. The maximum absolute atomic E-state index is 13.4. The number of rotatable bonds is 7. The molecule has 2 saturated heterocycles. The van der Waals surface area contributed by atoms with Gasteiger partial charge in [-0.1, -0.05) is 47.7 Å². The first-order valence-corrected chi connectivity index (χ1v) is 19.3. The first kappa shape index (κ1) is 34.4. The predicted molar refractivity (Wildman–Crippen MR) is 206 cm³/mol. The number of aromatic amines is 2. The van der Waals surface area contributed by atoms with Gasteiger partial charge in [0.25, 0.3) is 0 Å². The van der Waals surface area contributed by atoms with E-state index in [4.69, 9.17) is 14.7 Å². The van der Waals surface area contributed by atoms with E-state index in [0.717, 1.165) is 99.3 Å². The number of halogens is 1. The standard InChI is InChI=1S/C39H42IN7O5/c1-5-6-34(48)47-31(13-14-33(47)40)37-43-28-11-9-22-16-27-25-10-8-23(15-24(25)19-52-32(27)17-26(22)35(28)45-37)29-18-41-36(44-29)30-12-7-20(2)46(30)38(49)21(3)42-39(50)51-4/h8-11,15-18,20-21,30-31,33H,5-7,12-14,19H2,1-4H3,(H,41,44)(H,42,50)(H,43,45)/t20-,21-,30?,31?,33+/m0/s1. The fourth-order valence-corrected chi connectivity index (χ4v) is 9.20. The van der Waals surface area contributed by atoms with Gasteiger partial charge in [0.15, 0.2) is 0 Å². The number of hydrogen-bond acceptors (Lipinski definition) is 7. The number of hydrogen-bond donors (Lipinski definition) is 3.